The molecule has 1 aromatic carbocycles. The van der Waals surface area contributed by atoms with Crippen LogP contribution in [-0.2, 0) is 0 Å². The Morgan fingerprint density at radius 3 is 2.29 bits per heavy atom. The molecule has 0 aliphatic carbocycles. The van der Waals surface area contributed by atoms with Crippen LogP contribution >= 0.6 is 12.6 Å². The molecule has 78 valence electrons. The molecule has 1 aromatic rings. The average molecular weight is 211 g/mol. The first kappa shape index (κ1) is 11.4. The van der Waals surface area contributed by atoms with E-state index in [1.807, 2.05) is 26.8 Å². The molecule has 0 saturated heterocycles. The van der Waals surface area contributed by atoms with E-state index in [0.717, 1.165) is 28.0 Å². The molecule has 0 aliphatic rings. The molecule has 0 radical (unpaired) electrons. The third kappa shape index (κ3) is 1.88. The van der Waals surface area contributed by atoms with Gasteiger partial charge < -0.3 is 10.5 Å². The van der Waals surface area contributed by atoms with Crippen molar-refractivity contribution in [2.75, 3.05) is 7.11 Å². The first-order valence-electron chi connectivity index (χ1n) is 4.57. The number of methoxy groups -OCH3 is 1. The Morgan fingerprint density at radius 1 is 1.29 bits per heavy atom. The molecule has 0 aliphatic heterocycles. The molecule has 0 spiro atoms. The molecule has 0 amide bonds. The number of aryl methyl sites for hydroxylation is 1. The second-order valence-corrected chi connectivity index (χ2v) is 4.07. The molecule has 14 heavy (non-hydrogen) atoms. The van der Waals surface area contributed by atoms with E-state index >= 15 is 0 Å². The van der Waals surface area contributed by atoms with E-state index in [1.54, 1.807) is 7.11 Å². The largest absolute Gasteiger partial charge is 0.496 e. The van der Waals surface area contributed by atoms with Crippen molar-refractivity contribution in [1.29, 1.82) is 0 Å². The minimum Gasteiger partial charge on any atom is -0.496 e. The van der Waals surface area contributed by atoms with Crippen LogP contribution in [0.25, 0.3) is 0 Å². The molecule has 0 bridgehead atoms. The highest BCUT2D eigenvalue weighted by atomic mass is 32.1. The van der Waals surface area contributed by atoms with E-state index in [0.29, 0.717) is 0 Å². The van der Waals surface area contributed by atoms with Gasteiger partial charge in [0.05, 0.1) is 12.5 Å². The molecule has 1 unspecified atom stereocenters. The van der Waals surface area contributed by atoms with Crippen molar-refractivity contribution in [2.45, 2.75) is 26.1 Å². The lowest BCUT2D eigenvalue weighted by Gasteiger charge is -2.17. The summed E-state index contributed by atoms with van der Waals surface area (Å²) >= 11 is 4.25. The van der Waals surface area contributed by atoms with Crippen LogP contribution in [0.1, 0.15) is 27.6 Å². The van der Waals surface area contributed by atoms with Crippen LogP contribution in [0.4, 0.5) is 0 Å². The number of hydrogen-bond acceptors (Lipinski definition) is 3. The molecule has 1 rings (SSSR count). The Balaban J connectivity index is 3.40. The Bertz CT molecular complexity index is 348. The third-order valence-electron chi connectivity index (χ3n) is 2.59. The van der Waals surface area contributed by atoms with Gasteiger partial charge in [-0.2, -0.15) is 12.6 Å². The molecule has 2 nitrogen and oxygen atoms in total. The molecule has 0 heterocycles. The fourth-order valence-electron chi connectivity index (χ4n) is 1.71. The lowest BCUT2D eigenvalue weighted by molar-refractivity contribution is 0.408. The maximum absolute atomic E-state index is 5.77. The topological polar surface area (TPSA) is 35.2 Å². The minimum atomic E-state index is -0.224. The van der Waals surface area contributed by atoms with Crippen molar-refractivity contribution >= 4 is 12.6 Å². The quantitative estimate of drug-likeness (QED) is 0.582. The van der Waals surface area contributed by atoms with Gasteiger partial charge in [-0.25, -0.2) is 0 Å². The van der Waals surface area contributed by atoms with Crippen LogP contribution in [-0.4, -0.2) is 7.11 Å². The van der Waals surface area contributed by atoms with E-state index in [4.69, 9.17) is 10.5 Å². The number of benzene rings is 1. The Kier molecular flexibility index (Phi) is 3.45. The van der Waals surface area contributed by atoms with Gasteiger partial charge in [-0.3, -0.25) is 0 Å². The predicted octanol–water partition coefficient (Wildman–Crippen LogP) is 2.51. The summed E-state index contributed by atoms with van der Waals surface area (Å²) in [7, 11) is 1.69. The van der Waals surface area contributed by atoms with Crippen molar-refractivity contribution in [3.63, 3.8) is 0 Å². The zero-order valence-corrected chi connectivity index (χ0v) is 9.98. The van der Waals surface area contributed by atoms with Crippen LogP contribution in [0.2, 0.25) is 0 Å². The van der Waals surface area contributed by atoms with Gasteiger partial charge in [-0.15, -0.1) is 0 Å². The first-order chi connectivity index (χ1) is 6.49. The second kappa shape index (κ2) is 4.24. The maximum atomic E-state index is 5.77. The molecule has 3 heteroatoms. The number of hydrogen-bond donors (Lipinski definition) is 2. The molecule has 2 N–H and O–H groups in total. The summed E-state index contributed by atoms with van der Waals surface area (Å²) in [5, 5.41) is -0.224. The van der Waals surface area contributed by atoms with Gasteiger partial charge in [0.25, 0.3) is 0 Å². The van der Waals surface area contributed by atoms with Crippen LogP contribution in [0.3, 0.4) is 0 Å². The Labute approximate surface area is 90.9 Å². The van der Waals surface area contributed by atoms with Crippen LogP contribution < -0.4 is 10.5 Å². The van der Waals surface area contributed by atoms with Crippen molar-refractivity contribution in [2.24, 2.45) is 5.73 Å². The van der Waals surface area contributed by atoms with Gasteiger partial charge in [0, 0.05) is 0 Å². The molecule has 0 aromatic heterocycles. The van der Waals surface area contributed by atoms with Crippen molar-refractivity contribution in [3.05, 3.63) is 28.3 Å². The van der Waals surface area contributed by atoms with Gasteiger partial charge in [0.2, 0.25) is 0 Å². The zero-order chi connectivity index (χ0) is 10.9. The highest BCUT2D eigenvalue weighted by molar-refractivity contribution is 7.80. The van der Waals surface area contributed by atoms with Gasteiger partial charge in [-0.1, -0.05) is 0 Å². The van der Waals surface area contributed by atoms with E-state index in [1.165, 1.54) is 0 Å². The molecule has 0 fully saturated rings. The van der Waals surface area contributed by atoms with Crippen molar-refractivity contribution < 1.29 is 4.74 Å². The SMILES string of the molecule is COc1c(C)cc(C(N)S)c(C)c1C. The maximum Gasteiger partial charge on any atom is 0.124 e. The number of nitrogens with two attached hydrogens (primary N) is 1. The zero-order valence-electron chi connectivity index (χ0n) is 9.09. The summed E-state index contributed by atoms with van der Waals surface area (Å²) in [6, 6.07) is 2.04. The van der Waals surface area contributed by atoms with Crippen molar-refractivity contribution in [1.82, 2.24) is 0 Å². The van der Waals surface area contributed by atoms with Gasteiger partial charge in [0.1, 0.15) is 5.75 Å². The first-order valence-corrected chi connectivity index (χ1v) is 5.09. The van der Waals surface area contributed by atoms with E-state index < -0.39 is 0 Å². The van der Waals surface area contributed by atoms with Gasteiger partial charge in [0.15, 0.2) is 0 Å². The van der Waals surface area contributed by atoms with E-state index in [2.05, 4.69) is 12.6 Å². The lowest BCUT2D eigenvalue weighted by atomic mass is 9.98. The monoisotopic (exact) mass is 211 g/mol. The summed E-state index contributed by atoms with van der Waals surface area (Å²) < 4.78 is 5.33. The summed E-state index contributed by atoms with van der Waals surface area (Å²) in [4.78, 5) is 0. The average Bonchev–Trinajstić information content (AvgIpc) is 2.12. The van der Waals surface area contributed by atoms with Crippen LogP contribution in [0, 0.1) is 20.8 Å². The standard InChI is InChI=1S/C11H17NOS/c1-6-5-9(11(12)14)7(2)8(3)10(6)13-4/h5,11,14H,12H2,1-4H3. The minimum absolute atomic E-state index is 0.224. The van der Waals surface area contributed by atoms with Crippen molar-refractivity contribution in [3.8, 4) is 5.75 Å². The third-order valence-corrected chi connectivity index (χ3v) is 2.87. The number of ether oxygens (including phenoxy) is 1. The van der Waals surface area contributed by atoms with Crippen LogP contribution in [0.15, 0.2) is 6.07 Å². The summed E-state index contributed by atoms with van der Waals surface area (Å²) in [5.41, 5.74) is 10.3. The molecular weight excluding hydrogens is 194 g/mol. The Hall–Kier alpha value is -0.670. The predicted molar refractivity (Wildman–Crippen MR) is 63.1 cm³/mol. The lowest BCUT2D eigenvalue weighted by Crippen LogP contribution is -2.07. The van der Waals surface area contributed by atoms with Gasteiger partial charge in [-0.05, 0) is 49.1 Å². The van der Waals surface area contributed by atoms with Gasteiger partial charge >= 0.3 is 0 Å². The highest BCUT2D eigenvalue weighted by Crippen LogP contribution is 2.31. The normalized spacial score (nSPS) is 12.7. The fourth-order valence-corrected chi connectivity index (χ4v) is 1.98. The molecular formula is C11H17NOS. The Morgan fingerprint density at radius 2 is 1.86 bits per heavy atom. The molecule has 1 atom stereocenters. The number of rotatable bonds is 2. The fraction of sp³-hybridized carbons (Fsp3) is 0.455. The highest BCUT2D eigenvalue weighted by Gasteiger charge is 2.12. The molecule has 0 saturated carbocycles. The second-order valence-electron chi connectivity index (χ2n) is 3.51. The number of thiol groups is 1. The van der Waals surface area contributed by atoms with E-state index in [9.17, 15) is 0 Å². The van der Waals surface area contributed by atoms with E-state index in [-0.39, 0.29) is 5.37 Å². The summed E-state index contributed by atoms with van der Waals surface area (Å²) in [5.74, 6) is 0.945. The van der Waals surface area contributed by atoms with Crippen LogP contribution in [0.5, 0.6) is 5.75 Å². The summed E-state index contributed by atoms with van der Waals surface area (Å²) in [6.45, 7) is 6.11. The smallest absolute Gasteiger partial charge is 0.124 e. The summed E-state index contributed by atoms with van der Waals surface area (Å²) in [6.07, 6.45) is 0.